The smallest absolute Gasteiger partial charge is 0.326 e. The predicted molar refractivity (Wildman–Crippen MR) is 47.2 cm³/mol. The number of carboxylic acid groups (broad SMARTS) is 1. The van der Waals surface area contributed by atoms with Crippen molar-refractivity contribution in [1.29, 1.82) is 0 Å². The number of hydrogen-bond acceptors (Lipinski definition) is 5. The van der Waals surface area contributed by atoms with E-state index in [4.69, 9.17) is 10.8 Å². The van der Waals surface area contributed by atoms with E-state index in [9.17, 15) is 23.1 Å². The van der Waals surface area contributed by atoms with Crippen LogP contribution in [0.2, 0.25) is 0 Å². The summed E-state index contributed by atoms with van der Waals surface area (Å²) in [5.41, 5.74) is 4.73. The molecule has 9 heteroatoms. The number of aliphatic carboxylic acids is 1. The SMILES string of the molecule is NC(=O)C[C@H](NC(=O)CS(=O)[O-])C(=O)O. The zero-order chi connectivity index (χ0) is 12.0. The highest BCUT2D eigenvalue weighted by Gasteiger charge is 2.21. The van der Waals surface area contributed by atoms with Gasteiger partial charge in [-0.15, -0.1) is 0 Å². The molecule has 15 heavy (non-hydrogen) atoms. The highest BCUT2D eigenvalue weighted by Crippen LogP contribution is 1.92. The summed E-state index contributed by atoms with van der Waals surface area (Å²) < 4.78 is 20.2. The second kappa shape index (κ2) is 6.09. The first-order valence-electron chi connectivity index (χ1n) is 3.69. The zero-order valence-corrected chi connectivity index (χ0v) is 8.28. The van der Waals surface area contributed by atoms with E-state index in [0.717, 1.165) is 0 Å². The highest BCUT2D eigenvalue weighted by atomic mass is 32.2. The Labute approximate surface area is 87.1 Å². The molecule has 0 aliphatic heterocycles. The second-order valence-electron chi connectivity index (χ2n) is 2.58. The van der Waals surface area contributed by atoms with Crippen LogP contribution in [0.5, 0.6) is 0 Å². The topological polar surface area (TPSA) is 150 Å². The van der Waals surface area contributed by atoms with Crippen LogP contribution >= 0.6 is 0 Å². The molecule has 86 valence electrons. The lowest BCUT2D eigenvalue weighted by Gasteiger charge is -2.13. The lowest BCUT2D eigenvalue weighted by Crippen LogP contribution is -2.44. The summed E-state index contributed by atoms with van der Waals surface area (Å²) in [6, 6.07) is -1.50. The first kappa shape index (κ1) is 13.5. The normalized spacial score (nSPS) is 13.9. The molecule has 0 heterocycles. The monoisotopic (exact) mass is 237 g/mol. The third-order valence-electron chi connectivity index (χ3n) is 1.29. The van der Waals surface area contributed by atoms with Crippen LogP contribution in [0.3, 0.4) is 0 Å². The highest BCUT2D eigenvalue weighted by molar-refractivity contribution is 7.79. The minimum Gasteiger partial charge on any atom is -0.772 e. The van der Waals surface area contributed by atoms with Crippen molar-refractivity contribution in [3.8, 4) is 0 Å². The van der Waals surface area contributed by atoms with Crippen molar-refractivity contribution < 1.29 is 28.3 Å². The largest absolute Gasteiger partial charge is 0.772 e. The van der Waals surface area contributed by atoms with Crippen LogP contribution in [0, 0.1) is 0 Å². The van der Waals surface area contributed by atoms with Crippen LogP contribution in [0.1, 0.15) is 6.42 Å². The predicted octanol–water partition coefficient (Wildman–Crippen LogP) is -2.69. The van der Waals surface area contributed by atoms with Crippen LogP contribution < -0.4 is 11.1 Å². The van der Waals surface area contributed by atoms with Gasteiger partial charge < -0.3 is 20.7 Å². The minimum absolute atomic E-state index is 0.591. The molecule has 0 rings (SSSR count). The van der Waals surface area contributed by atoms with Crippen molar-refractivity contribution in [3.05, 3.63) is 0 Å². The molecule has 1 unspecified atom stereocenters. The molecular formula is C6H9N2O6S-. The molecule has 0 aliphatic carbocycles. The summed E-state index contributed by atoms with van der Waals surface area (Å²) in [6.07, 6.45) is -0.591. The molecule has 2 amide bonds. The van der Waals surface area contributed by atoms with Crippen molar-refractivity contribution in [3.63, 3.8) is 0 Å². The lowest BCUT2D eigenvalue weighted by molar-refractivity contribution is -0.143. The zero-order valence-electron chi connectivity index (χ0n) is 7.47. The number of carboxylic acids is 1. The second-order valence-corrected chi connectivity index (χ2v) is 3.47. The molecule has 0 saturated carbocycles. The number of rotatable bonds is 6. The number of primary amides is 1. The van der Waals surface area contributed by atoms with Crippen molar-refractivity contribution in [2.75, 3.05) is 5.75 Å². The molecule has 0 aromatic rings. The van der Waals surface area contributed by atoms with Gasteiger partial charge in [0, 0.05) is 0 Å². The fraction of sp³-hybridized carbons (Fsp3) is 0.500. The van der Waals surface area contributed by atoms with E-state index in [1.807, 2.05) is 5.32 Å². The first-order valence-corrected chi connectivity index (χ1v) is 4.93. The molecule has 0 fully saturated rings. The molecule has 2 atom stereocenters. The van der Waals surface area contributed by atoms with E-state index in [0.29, 0.717) is 0 Å². The Bertz CT molecular complexity index is 304. The Hall–Kier alpha value is -1.48. The van der Waals surface area contributed by atoms with Gasteiger partial charge in [0.05, 0.1) is 12.2 Å². The summed E-state index contributed by atoms with van der Waals surface area (Å²) in [4.78, 5) is 31.7. The summed E-state index contributed by atoms with van der Waals surface area (Å²) in [5, 5.41) is 10.4. The Morgan fingerprint density at radius 3 is 2.33 bits per heavy atom. The van der Waals surface area contributed by atoms with Gasteiger partial charge in [-0.1, -0.05) is 0 Å². The molecule has 8 nitrogen and oxygen atoms in total. The maximum Gasteiger partial charge on any atom is 0.326 e. The molecule has 0 aliphatic rings. The Balaban J connectivity index is 4.28. The maximum atomic E-state index is 10.8. The van der Waals surface area contributed by atoms with Gasteiger partial charge in [-0.3, -0.25) is 13.8 Å². The fourth-order valence-corrected chi connectivity index (χ4v) is 1.04. The van der Waals surface area contributed by atoms with Crippen molar-refractivity contribution in [2.24, 2.45) is 5.73 Å². The third-order valence-corrected chi connectivity index (χ3v) is 1.79. The van der Waals surface area contributed by atoms with E-state index in [2.05, 4.69) is 0 Å². The minimum atomic E-state index is -2.61. The van der Waals surface area contributed by atoms with E-state index in [-0.39, 0.29) is 0 Å². The Morgan fingerprint density at radius 2 is 2.00 bits per heavy atom. The standard InChI is InChI=1S/C6H10N2O6S/c7-4(9)1-3(6(11)12)8-5(10)2-15(13)14/h3H,1-2H2,(H2,7,9)(H,8,10)(H,11,12)(H,13,14)/p-1/t3-/m0/s1. The molecule has 0 radical (unpaired) electrons. The summed E-state index contributed by atoms with van der Waals surface area (Å²) >= 11 is -2.61. The van der Waals surface area contributed by atoms with Crippen molar-refractivity contribution in [2.45, 2.75) is 12.5 Å². The van der Waals surface area contributed by atoms with E-state index >= 15 is 0 Å². The number of nitrogens with one attached hydrogen (secondary N) is 1. The Kier molecular flexibility index (Phi) is 5.49. The Morgan fingerprint density at radius 1 is 1.47 bits per heavy atom. The van der Waals surface area contributed by atoms with Crippen LogP contribution in [-0.4, -0.2) is 43.4 Å². The van der Waals surface area contributed by atoms with E-state index in [1.165, 1.54) is 0 Å². The number of nitrogens with two attached hydrogens (primary N) is 1. The van der Waals surface area contributed by atoms with E-state index in [1.54, 1.807) is 0 Å². The van der Waals surface area contributed by atoms with Crippen molar-refractivity contribution in [1.82, 2.24) is 5.32 Å². The average molecular weight is 237 g/mol. The molecule has 0 aromatic carbocycles. The number of amides is 2. The number of hydrogen-bond donors (Lipinski definition) is 3. The van der Waals surface area contributed by atoms with Crippen LogP contribution in [-0.2, 0) is 25.5 Å². The molecule has 0 bridgehead atoms. The van der Waals surface area contributed by atoms with Gasteiger partial charge in [0.15, 0.2) is 0 Å². The molecule has 0 aromatic heterocycles. The van der Waals surface area contributed by atoms with E-state index < -0.39 is 47.1 Å². The summed E-state index contributed by atoms with van der Waals surface area (Å²) in [6.45, 7) is 0. The van der Waals surface area contributed by atoms with Crippen LogP contribution in [0.15, 0.2) is 0 Å². The van der Waals surface area contributed by atoms with Gasteiger partial charge in [-0.05, 0) is 11.1 Å². The van der Waals surface area contributed by atoms with Gasteiger partial charge in [-0.2, -0.15) is 0 Å². The summed E-state index contributed by atoms with van der Waals surface area (Å²) in [5.74, 6) is -4.23. The van der Waals surface area contributed by atoms with Crippen LogP contribution in [0.25, 0.3) is 0 Å². The third kappa shape index (κ3) is 6.57. The first-order chi connectivity index (χ1) is 6.82. The van der Waals surface area contributed by atoms with Crippen LogP contribution in [0.4, 0.5) is 0 Å². The van der Waals surface area contributed by atoms with Gasteiger partial charge in [0.2, 0.25) is 11.8 Å². The van der Waals surface area contributed by atoms with Crippen molar-refractivity contribution >= 4 is 28.9 Å². The van der Waals surface area contributed by atoms with Gasteiger partial charge in [0.25, 0.3) is 0 Å². The lowest BCUT2D eigenvalue weighted by atomic mass is 10.2. The average Bonchev–Trinajstić information content (AvgIpc) is 1.99. The molecule has 0 spiro atoms. The molecule has 0 saturated heterocycles. The van der Waals surface area contributed by atoms with Gasteiger partial charge in [0.1, 0.15) is 6.04 Å². The van der Waals surface area contributed by atoms with Gasteiger partial charge >= 0.3 is 5.97 Å². The maximum absolute atomic E-state index is 10.8. The molecular weight excluding hydrogens is 228 g/mol. The fourth-order valence-electron chi connectivity index (χ4n) is 0.744. The number of carbonyl (C=O) groups is 3. The van der Waals surface area contributed by atoms with Gasteiger partial charge in [-0.25, -0.2) is 4.79 Å². The quantitative estimate of drug-likeness (QED) is 0.428. The number of carbonyl (C=O) groups excluding carboxylic acids is 2. The molecule has 4 N–H and O–H groups in total. The summed E-state index contributed by atoms with van der Waals surface area (Å²) in [7, 11) is 0.